The Morgan fingerprint density at radius 2 is 1.78 bits per heavy atom. The molecule has 1 heterocycles. The Hall–Kier alpha value is -2.10. The number of carbonyl (C=O) groups excluding carboxylic acids is 1. The van der Waals surface area contributed by atoms with Crippen molar-refractivity contribution in [2.24, 2.45) is 5.41 Å². The van der Waals surface area contributed by atoms with Crippen LogP contribution >= 0.6 is 0 Å². The fraction of sp³-hybridized carbons (Fsp3) is 0.474. The molecule has 2 aromatic rings. The molecule has 2 rings (SSSR count). The maximum absolute atomic E-state index is 12.3. The molecule has 2 N–H and O–H groups in total. The zero-order valence-corrected chi connectivity index (χ0v) is 14.6. The lowest BCUT2D eigenvalue weighted by molar-refractivity contribution is -0.122. The van der Waals surface area contributed by atoms with Gasteiger partial charge in [-0.1, -0.05) is 39.0 Å². The number of para-hydroxylation sites is 1. The van der Waals surface area contributed by atoms with Crippen LogP contribution in [-0.2, 0) is 11.2 Å². The largest absolute Gasteiger partial charge is 0.351 e. The molecule has 0 saturated carbocycles. The third kappa shape index (κ3) is 4.95. The van der Waals surface area contributed by atoms with Crippen LogP contribution in [0.4, 0.5) is 0 Å². The first-order valence-corrected chi connectivity index (χ1v) is 7.98. The molecule has 0 saturated heterocycles. The summed E-state index contributed by atoms with van der Waals surface area (Å²) in [6.07, 6.45) is 0.952. The second-order valence-corrected chi connectivity index (χ2v) is 8.06. The van der Waals surface area contributed by atoms with E-state index in [0.29, 0.717) is 5.56 Å². The summed E-state index contributed by atoms with van der Waals surface area (Å²) in [6.45, 7) is 10.5. The third-order valence-corrected chi connectivity index (χ3v) is 3.63. The van der Waals surface area contributed by atoms with Gasteiger partial charge in [0.1, 0.15) is 0 Å². The fourth-order valence-corrected chi connectivity index (χ4v) is 3.29. The van der Waals surface area contributed by atoms with Gasteiger partial charge in [0, 0.05) is 16.6 Å². The standard InChI is InChI=1S/C19H26N2O2/c1-18(2,3)12-19(4,5)21-16(22)11-14-10-13-8-6-7-9-15(13)20-17(14)23/h6-10H,11-12H2,1-5H3,(H,20,23)(H,21,22). The minimum absolute atomic E-state index is 0.0910. The first-order valence-electron chi connectivity index (χ1n) is 7.98. The Bertz CT molecular complexity index is 767. The second-order valence-electron chi connectivity index (χ2n) is 8.06. The van der Waals surface area contributed by atoms with Crippen LogP contribution in [0.15, 0.2) is 35.1 Å². The summed E-state index contributed by atoms with van der Waals surface area (Å²) in [5.41, 5.74) is 0.894. The van der Waals surface area contributed by atoms with E-state index in [1.807, 2.05) is 38.1 Å². The van der Waals surface area contributed by atoms with Crippen LogP contribution in [0.1, 0.15) is 46.6 Å². The summed E-state index contributed by atoms with van der Waals surface area (Å²) in [7, 11) is 0. The molecular formula is C19H26N2O2. The van der Waals surface area contributed by atoms with Gasteiger partial charge >= 0.3 is 0 Å². The van der Waals surface area contributed by atoms with E-state index in [0.717, 1.165) is 17.3 Å². The molecule has 0 fully saturated rings. The van der Waals surface area contributed by atoms with E-state index in [1.54, 1.807) is 6.07 Å². The van der Waals surface area contributed by atoms with Crippen LogP contribution in [0.25, 0.3) is 10.9 Å². The molecular weight excluding hydrogens is 288 g/mol. The van der Waals surface area contributed by atoms with Crippen molar-refractivity contribution in [3.8, 4) is 0 Å². The highest BCUT2D eigenvalue weighted by Gasteiger charge is 2.27. The molecule has 1 amide bonds. The highest BCUT2D eigenvalue weighted by molar-refractivity contribution is 5.82. The van der Waals surface area contributed by atoms with E-state index in [1.165, 1.54) is 0 Å². The highest BCUT2D eigenvalue weighted by atomic mass is 16.2. The maximum atomic E-state index is 12.3. The maximum Gasteiger partial charge on any atom is 0.252 e. The lowest BCUT2D eigenvalue weighted by atomic mass is 9.81. The average molecular weight is 314 g/mol. The molecule has 0 aliphatic carbocycles. The summed E-state index contributed by atoms with van der Waals surface area (Å²) >= 11 is 0. The Labute approximate surface area is 137 Å². The number of H-pyrrole nitrogens is 1. The predicted molar refractivity (Wildman–Crippen MR) is 94.6 cm³/mol. The SMILES string of the molecule is CC(C)(C)CC(C)(C)NC(=O)Cc1cc2ccccc2[nH]c1=O. The van der Waals surface area contributed by atoms with Gasteiger partial charge in [0.05, 0.1) is 6.42 Å². The van der Waals surface area contributed by atoms with Crippen LogP contribution in [0, 0.1) is 5.41 Å². The zero-order valence-electron chi connectivity index (χ0n) is 14.6. The van der Waals surface area contributed by atoms with Crippen molar-refractivity contribution in [1.82, 2.24) is 10.3 Å². The smallest absolute Gasteiger partial charge is 0.252 e. The number of aromatic amines is 1. The van der Waals surface area contributed by atoms with Crippen LogP contribution in [0.5, 0.6) is 0 Å². The van der Waals surface area contributed by atoms with Crippen molar-refractivity contribution >= 4 is 16.8 Å². The third-order valence-electron chi connectivity index (χ3n) is 3.63. The highest BCUT2D eigenvalue weighted by Crippen LogP contribution is 2.26. The van der Waals surface area contributed by atoms with Gasteiger partial charge in [0.25, 0.3) is 5.56 Å². The van der Waals surface area contributed by atoms with Gasteiger partial charge in [-0.2, -0.15) is 0 Å². The molecule has 1 aromatic carbocycles. The van der Waals surface area contributed by atoms with E-state index >= 15 is 0 Å². The van der Waals surface area contributed by atoms with Crippen molar-refractivity contribution in [1.29, 1.82) is 0 Å². The number of amides is 1. The number of rotatable bonds is 4. The summed E-state index contributed by atoms with van der Waals surface area (Å²) in [4.78, 5) is 27.3. The van der Waals surface area contributed by atoms with Crippen molar-refractivity contribution < 1.29 is 4.79 Å². The second kappa shape index (κ2) is 6.19. The zero-order chi connectivity index (χ0) is 17.3. The van der Waals surface area contributed by atoms with Gasteiger partial charge in [-0.25, -0.2) is 0 Å². The van der Waals surface area contributed by atoms with Crippen LogP contribution < -0.4 is 10.9 Å². The van der Waals surface area contributed by atoms with E-state index in [9.17, 15) is 9.59 Å². The van der Waals surface area contributed by atoms with Gasteiger partial charge < -0.3 is 10.3 Å². The quantitative estimate of drug-likeness (QED) is 0.908. The monoisotopic (exact) mass is 314 g/mol. The number of benzene rings is 1. The van der Waals surface area contributed by atoms with E-state index in [4.69, 9.17) is 0 Å². The van der Waals surface area contributed by atoms with Crippen LogP contribution in [0.3, 0.4) is 0 Å². The number of aromatic nitrogens is 1. The number of hydrogen-bond donors (Lipinski definition) is 2. The molecule has 0 unspecified atom stereocenters. The lowest BCUT2D eigenvalue weighted by Gasteiger charge is -2.33. The molecule has 0 radical (unpaired) electrons. The summed E-state index contributed by atoms with van der Waals surface area (Å²) in [5, 5.41) is 3.98. The fourth-order valence-electron chi connectivity index (χ4n) is 3.29. The molecule has 0 aliphatic rings. The lowest BCUT2D eigenvalue weighted by Crippen LogP contribution is -2.46. The number of carbonyl (C=O) groups is 1. The molecule has 23 heavy (non-hydrogen) atoms. The van der Waals surface area contributed by atoms with Crippen LogP contribution in [0.2, 0.25) is 0 Å². The van der Waals surface area contributed by atoms with E-state index < -0.39 is 0 Å². The van der Waals surface area contributed by atoms with Crippen molar-refractivity contribution in [3.05, 3.63) is 46.2 Å². The Morgan fingerprint density at radius 3 is 2.43 bits per heavy atom. The molecule has 0 atom stereocenters. The van der Waals surface area contributed by atoms with E-state index in [-0.39, 0.29) is 28.8 Å². The van der Waals surface area contributed by atoms with E-state index in [2.05, 4.69) is 31.1 Å². The summed E-state index contributed by atoms with van der Waals surface area (Å²) < 4.78 is 0. The van der Waals surface area contributed by atoms with Crippen molar-refractivity contribution in [2.45, 2.75) is 53.0 Å². The number of hydrogen-bond acceptors (Lipinski definition) is 2. The molecule has 0 aliphatic heterocycles. The first-order chi connectivity index (χ1) is 10.6. The van der Waals surface area contributed by atoms with Crippen molar-refractivity contribution in [2.75, 3.05) is 0 Å². The Morgan fingerprint density at radius 1 is 1.13 bits per heavy atom. The summed E-state index contributed by atoms with van der Waals surface area (Å²) in [6, 6.07) is 9.37. The van der Waals surface area contributed by atoms with Gasteiger partial charge in [0.2, 0.25) is 5.91 Å². The molecule has 1 aromatic heterocycles. The molecule has 4 heteroatoms. The topological polar surface area (TPSA) is 62.0 Å². The van der Waals surface area contributed by atoms with Crippen LogP contribution in [-0.4, -0.2) is 16.4 Å². The summed E-state index contributed by atoms with van der Waals surface area (Å²) in [5.74, 6) is -0.125. The predicted octanol–water partition coefficient (Wildman–Crippen LogP) is 3.40. The normalized spacial score (nSPS) is 12.4. The minimum Gasteiger partial charge on any atom is -0.351 e. The van der Waals surface area contributed by atoms with Gasteiger partial charge in [-0.3, -0.25) is 9.59 Å². The molecule has 0 spiro atoms. The minimum atomic E-state index is -0.307. The first kappa shape index (κ1) is 17.3. The number of nitrogens with one attached hydrogen (secondary N) is 2. The molecule has 4 nitrogen and oxygen atoms in total. The Balaban J connectivity index is 2.14. The molecule has 0 bridgehead atoms. The van der Waals surface area contributed by atoms with Crippen molar-refractivity contribution in [3.63, 3.8) is 0 Å². The Kier molecular flexibility index (Phi) is 4.64. The molecule has 124 valence electrons. The number of fused-ring (bicyclic) bond motifs is 1. The van der Waals surface area contributed by atoms with Gasteiger partial charge in [-0.05, 0) is 43.2 Å². The number of pyridine rings is 1. The van der Waals surface area contributed by atoms with Gasteiger partial charge in [-0.15, -0.1) is 0 Å². The average Bonchev–Trinajstić information content (AvgIpc) is 2.35. The van der Waals surface area contributed by atoms with Gasteiger partial charge in [0.15, 0.2) is 0 Å².